The molecule has 0 radical (unpaired) electrons. The van der Waals surface area contributed by atoms with E-state index in [1.807, 2.05) is 0 Å². The van der Waals surface area contributed by atoms with Gasteiger partial charge in [0.15, 0.2) is 5.69 Å². The zero-order valence-corrected chi connectivity index (χ0v) is 19.9. The number of nitrogens with zero attached hydrogens (tertiary/aromatic N) is 5. The maximum absolute atomic E-state index is 14.0. The van der Waals surface area contributed by atoms with Gasteiger partial charge >= 0.3 is 12.4 Å². The lowest BCUT2D eigenvalue weighted by Gasteiger charge is -2.36. The first kappa shape index (κ1) is 27.6. The molecule has 15 heteroatoms. The van der Waals surface area contributed by atoms with E-state index >= 15 is 0 Å². The molecule has 0 aromatic carbocycles. The molecule has 2 aliphatic rings. The SMILES string of the molecule is N#CC1CCC(N2CCCCC[C@](O)(C(F)(F)F)c3nnc(o3)-c3nc(c(C(F)(F)F)cc3N)C2=O)CC1. The number of alkyl halides is 6. The normalized spacial score (nSPS) is 25.5. The molecule has 2 aromatic rings. The third-order valence-electron chi connectivity index (χ3n) is 7.03. The fourth-order valence-electron chi connectivity index (χ4n) is 4.88. The number of carbonyl (C=O) groups is 1. The van der Waals surface area contributed by atoms with Gasteiger partial charge in [0, 0.05) is 18.5 Å². The summed E-state index contributed by atoms with van der Waals surface area (Å²) >= 11 is 0. The van der Waals surface area contributed by atoms with Crippen molar-refractivity contribution >= 4 is 11.6 Å². The minimum atomic E-state index is -5.19. The third kappa shape index (κ3) is 5.13. The third-order valence-corrected chi connectivity index (χ3v) is 7.03. The smallest absolute Gasteiger partial charge is 0.416 e. The van der Waals surface area contributed by atoms with Crippen molar-refractivity contribution in [2.45, 2.75) is 75.4 Å². The van der Waals surface area contributed by atoms with Gasteiger partial charge in [0.1, 0.15) is 5.69 Å². The molecule has 3 heterocycles. The number of fused-ring (bicyclic) bond motifs is 5. The highest BCUT2D eigenvalue weighted by Crippen LogP contribution is 2.44. The quantitative estimate of drug-likeness (QED) is 0.495. The molecule has 1 atom stereocenters. The van der Waals surface area contributed by atoms with E-state index in [4.69, 9.17) is 10.2 Å². The Balaban J connectivity index is 1.85. The van der Waals surface area contributed by atoms with Gasteiger partial charge in [-0.2, -0.15) is 31.6 Å². The van der Waals surface area contributed by atoms with Crippen LogP contribution < -0.4 is 5.73 Å². The van der Waals surface area contributed by atoms with Crippen LogP contribution in [0.15, 0.2) is 10.5 Å². The van der Waals surface area contributed by atoms with E-state index in [1.54, 1.807) is 0 Å². The van der Waals surface area contributed by atoms with Gasteiger partial charge < -0.3 is 20.2 Å². The van der Waals surface area contributed by atoms with Crippen LogP contribution in [0.2, 0.25) is 0 Å². The van der Waals surface area contributed by atoms with Crippen LogP contribution >= 0.6 is 0 Å². The first-order valence-electron chi connectivity index (χ1n) is 12.0. The Morgan fingerprint density at radius 2 is 1.76 bits per heavy atom. The predicted molar refractivity (Wildman–Crippen MR) is 118 cm³/mol. The second-order valence-electron chi connectivity index (χ2n) is 9.53. The Morgan fingerprint density at radius 1 is 1.08 bits per heavy atom. The molecule has 4 rings (SSSR count). The first-order valence-corrected chi connectivity index (χ1v) is 12.0. The number of amides is 1. The summed E-state index contributed by atoms with van der Waals surface area (Å²) in [5.74, 6) is -3.25. The maximum Gasteiger partial charge on any atom is 0.426 e. The Kier molecular flexibility index (Phi) is 7.30. The molecule has 38 heavy (non-hydrogen) atoms. The summed E-state index contributed by atoms with van der Waals surface area (Å²) in [5, 5.41) is 26.4. The number of anilines is 1. The molecule has 1 fully saturated rings. The van der Waals surface area contributed by atoms with Gasteiger partial charge in [-0.25, -0.2) is 4.98 Å². The van der Waals surface area contributed by atoms with E-state index in [0.29, 0.717) is 31.7 Å². The highest BCUT2D eigenvalue weighted by molar-refractivity contribution is 5.95. The van der Waals surface area contributed by atoms with Crippen LogP contribution in [-0.2, 0) is 11.8 Å². The minimum Gasteiger partial charge on any atom is -0.416 e. The molecule has 1 aliphatic carbocycles. The zero-order chi connectivity index (χ0) is 27.9. The summed E-state index contributed by atoms with van der Waals surface area (Å²) in [6.07, 6.45) is -9.31. The fourth-order valence-corrected chi connectivity index (χ4v) is 4.88. The van der Waals surface area contributed by atoms with Crippen molar-refractivity contribution in [3.8, 4) is 17.7 Å². The Bertz CT molecular complexity index is 1230. The van der Waals surface area contributed by atoms with Crippen molar-refractivity contribution in [2.75, 3.05) is 12.3 Å². The van der Waals surface area contributed by atoms with Gasteiger partial charge in [-0.15, -0.1) is 10.2 Å². The van der Waals surface area contributed by atoms with E-state index in [0.717, 1.165) is 0 Å². The Hall–Kier alpha value is -3.41. The van der Waals surface area contributed by atoms with Gasteiger partial charge in [0.2, 0.25) is 5.60 Å². The Morgan fingerprint density at radius 3 is 2.37 bits per heavy atom. The molecule has 0 saturated heterocycles. The van der Waals surface area contributed by atoms with Crippen LogP contribution in [0.25, 0.3) is 11.6 Å². The van der Waals surface area contributed by atoms with Crippen molar-refractivity contribution in [2.24, 2.45) is 5.92 Å². The molecule has 0 spiro atoms. The highest BCUT2D eigenvalue weighted by Gasteiger charge is 2.58. The summed E-state index contributed by atoms with van der Waals surface area (Å²) in [7, 11) is 0. The molecular formula is C23H24F6N6O3. The molecular weight excluding hydrogens is 522 g/mol. The van der Waals surface area contributed by atoms with E-state index in [-0.39, 0.29) is 31.7 Å². The molecule has 1 saturated carbocycles. The number of nitrogen functional groups attached to an aromatic ring is 1. The number of hydrogen-bond acceptors (Lipinski definition) is 8. The minimum absolute atomic E-state index is 0.0533. The van der Waals surface area contributed by atoms with Crippen LogP contribution in [0, 0.1) is 17.2 Å². The number of rotatable bonds is 1. The fraction of sp³-hybridized carbons (Fsp3) is 0.609. The second-order valence-corrected chi connectivity index (χ2v) is 9.53. The topological polar surface area (TPSA) is 142 Å². The zero-order valence-electron chi connectivity index (χ0n) is 19.9. The number of aliphatic hydroxyl groups is 1. The van der Waals surface area contributed by atoms with Gasteiger partial charge in [-0.05, 0) is 51.0 Å². The van der Waals surface area contributed by atoms with Crippen molar-refractivity contribution in [1.82, 2.24) is 20.1 Å². The Labute approximate surface area is 212 Å². The van der Waals surface area contributed by atoms with Gasteiger partial charge in [-0.3, -0.25) is 4.79 Å². The average Bonchev–Trinajstić information content (AvgIpc) is 3.34. The molecule has 206 valence electrons. The number of hydrogen-bond donors (Lipinski definition) is 2. The largest absolute Gasteiger partial charge is 0.426 e. The molecule has 1 amide bonds. The average molecular weight is 546 g/mol. The van der Waals surface area contributed by atoms with Crippen molar-refractivity contribution in [3.05, 3.63) is 23.2 Å². The van der Waals surface area contributed by atoms with E-state index in [9.17, 15) is 41.5 Å². The van der Waals surface area contributed by atoms with Crippen molar-refractivity contribution in [3.63, 3.8) is 0 Å². The van der Waals surface area contributed by atoms with E-state index in [2.05, 4.69) is 21.3 Å². The lowest BCUT2D eigenvalue weighted by atomic mass is 9.86. The summed E-state index contributed by atoms with van der Waals surface area (Å²) < 4.78 is 88.5. The van der Waals surface area contributed by atoms with Gasteiger partial charge in [0.05, 0.1) is 17.3 Å². The van der Waals surface area contributed by atoms with Crippen LogP contribution in [0.5, 0.6) is 0 Å². The molecule has 3 N–H and O–H groups in total. The van der Waals surface area contributed by atoms with E-state index in [1.165, 1.54) is 4.90 Å². The van der Waals surface area contributed by atoms with Crippen molar-refractivity contribution < 1.29 is 40.7 Å². The maximum atomic E-state index is 14.0. The molecule has 0 unspecified atom stereocenters. The molecule has 9 nitrogen and oxygen atoms in total. The monoisotopic (exact) mass is 546 g/mol. The standard InChI is InChI=1S/C23H24F6N6O3/c24-22(25,26)14-10-15(31)17-18-33-34-20(38-18)21(37,23(27,28)29)8-2-1-3-9-35(19(36)16(14)32-17)13-6-4-12(11-30)5-7-13/h10,12-13,37H,1-9,31H2/t12?,13?,21-/m1/s1. The van der Waals surface area contributed by atoms with Crippen LogP contribution in [0.3, 0.4) is 0 Å². The number of nitriles is 1. The van der Waals surface area contributed by atoms with Gasteiger partial charge in [-0.1, -0.05) is 6.42 Å². The number of halogens is 6. The lowest BCUT2D eigenvalue weighted by Crippen LogP contribution is -2.44. The molecule has 1 aliphatic heterocycles. The molecule has 2 aromatic heterocycles. The summed E-state index contributed by atoms with van der Waals surface area (Å²) in [6, 6.07) is 2.11. The number of pyridine rings is 1. The van der Waals surface area contributed by atoms with Crippen LogP contribution in [-0.4, -0.2) is 49.9 Å². The molecule has 4 bridgehead atoms. The lowest BCUT2D eigenvalue weighted by molar-refractivity contribution is -0.277. The summed E-state index contributed by atoms with van der Waals surface area (Å²) in [6.45, 7) is -0.0533. The first-order chi connectivity index (χ1) is 17.8. The number of aromatic nitrogens is 3. The number of nitrogens with two attached hydrogens (primary N) is 1. The van der Waals surface area contributed by atoms with E-state index < -0.39 is 70.7 Å². The highest BCUT2D eigenvalue weighted by atomic mass is 19.4. The van der Waals surface area contributed by atoms with Crippen molar-refractivity contribution in [1.29, 1.82) is 5.26 Å². The number of carbonyl (C=O) groups excluding carboxylic acids is 1. The summed E-state index contributed by atoms with van der Waals surface area (Å²) in [5.41, 5.74) is -1.46. The second kappa shape index (κ2) is 10.0. The van der Waals surface area contributed by atoms with Gasteiger partial charge in [0.25, 0.3) is 17.7 Å². The van der Waals surface area contributed by atoms with Crippen LogP contribution in [0.1, 0.15) is 73.3 Å². The summed E-state index contributed by atoms with van der Waals surface area (Å²) in [4.78, 5) is 18.6. The predicted octanol–water partition coefficient (Wildman–Crippen LogP) is 4.58. The van der Waals surface area contributed by atoms with Crippen LogP contribution in [0.4, 0.5) is 32.0 Å².